The molecule has 1 aliphatic rings. The lowest BCUT2D eigenvalue weighted by molar-refractivity contribution is -0.138. The summed E-state index contributed by atoms with van der Waals surface area (Å²) in [4.78, 5) is 38.0. The number of carboxylic acids is 1. The summed E-state index contributed by atoms with van der Waals surface area (Å²) in [6.07, 6.45) is 0. The summed E-state index contributed by atoms with van der Waals surface area (Å²) >= 11 is 11.9. The second-order valence-corrected chi connectivity index (χ2v) is 6.21. The summed E-state index contributed by atoms with van der Waals surface area (Å²) in [6, 6.07) is 4.74. The smallest absolute Gasteiger partial charge is 0.322 e. The van der Waals surface area contributed by atoms with Gasteiger partial charge in [0.25, 0.3) is 5.91 Å². The summed E-state index contributed by atoms with van der Waals surface area (Å²) in [5, 5.41) is 11.6. The molecule has 130 valence electrons. The molecule has 0 aliphatic carbocycles. The molecule has 1 aliphatic heterocycles. The first-order valence-corrected chi connectivity index (χ1v) is 8.07. The summed E-state index contributed by atoms with van der Waals surface area (Å²) in [5.74, 6) is -1.61. The van der Waals surface area contributed by atoms with Crippen molar-refractivity contribution in [1.82, 2.24) is 15.1 Å². The Morgan fingerprint density at radius 2 is 1.79 bits per heavy atom. The normalized spacial score (nSPS) is 15.2. The Bertz CT molecular complexity index is 646. The first kappa shape index (κ1) is 18.5. The van der Waals surface area contributed by atoms with Crippen LogP contribution >= 0.6 is 23.2 Å². The SMILES string of the molecule is O=C(O)CNC(=O)CN1CCN(C(=O)c2ccc(Cl)cc2Cl)CC1. The van der Waals surface area contributed by atoms with Crippen molar-refractivity contribution in [3.8, 4) is 0 Å². The maximum Gasteiger partial charge on any atom is 0.322 e. The Balaban J connectivity index is 1.85. The standard InChI is InChI=1S/C15H17Cl2N3O4/c16-10-1-2-11(12(17)7-10)15(24)20-5-3-19(4-6-20)9-13(21)18-8-14(22)23/h1-2,7H,3-6,8-9H2,(H,18,21)(H,22,23). The van der Waals surface area contributed by atoms with E-state index in [1.807, 2.05) is 4.90 Å². The zero-order chi connectivity index (χ0) is 17.7. The lowest BCUT2D eigenvalue weighted by Gasteiger charge is -2.34. The van der Waals surface area contributed by atoms with Gasteiger partial charge in [-0.25, -0.2) is 0 Å². The van der Waals surface area contributed by atoms with Gasteiger partial charge in [-0.1, -0.05) is 23.2 Å². The molecule has 1 heterocycles. The third-order valence-corrected chi connectivity index (χ3v) is 4.17. The molecule has 0 saturated carbocycles. The molecule has 2 rings (SSSR count). The number of nitrogens with one attached hydrogen (secondary N) is 1. The van der Waals surface area contributed by atoms with Gasteiger partial charge >= 0.3 is 5.97 Å². The van der Waals surface area contributed by atoms with Gasteiger partial charge in [0, 0.05) is 31.2 Å². The zero-order valence-electron chi connectivity index (χ0n) is 12.8. The molecule has 0 bridgehead atoms. The molecule has 1 aromatic rings. The van der Waals surface area contributed by atoms with Crippen LogP contribution in [0.1, 0.15) is 10.4 Å². The largest absolute Gasteiger partial charge is 0.480 e. The number of nitrogens with zero attached hydrogens (tertiary/aromatic N) is 2. The van der Waals surface area contributed by atoms with Crippen LogP contribution in [0.25, 0.3) is 0 Å². The average Bonchev–Trinajstić information content (AvgIpc) is 2.53. The van der Waals surface area contributed by atoms with E-state index >= 15 is 0 Å². The summed E-state index contributed by atoms with van der Waals surface area (Å²) < 4.78 is 0. The fourth-order valence-electron chi connectivity index (χ4n) is 2.38. The van der Waals surface area contributed by atoms with Gasteiger partial charge in [0.2, 0.25) is 5.91 Å². The lowest BCUT2D eigenvalue weighted by atomic mass is 10.1. The summed E-state index contributed by atoms with van der Waals surface area (Å²) in [7, 11) is 0. The van der Waals surface area contributed by atoms with Crippen LogP contribution in [0.4, 0.5) is 0 Å². The quantitative estimate of drug-likeness (QED) is 0.801. The van der Waals surface area contributed by atoms with Crippen molar-refractivity contribution >= 4 is 41.0 Å². The van der Waals surface area contributed by atoms with E-state index in [1.54, 1.807) is 17.0 Å². The molecule has 9 heteroatoms. The van der Waals surface area contributed by atoms with Crippen LogP contribution in [-0.4, -0.2) is 72.0 Å². The Labute approximate surface area is 149 Å². The Morgan fingerprint density at radius 1 is 1.12 bits per heavy atom. The minimum Gasteiger partial charge on any atom is -0.480 e. The molecule has 0 spiro atoms. The molecule has 2 N–H and O–H groups in total. The fourth-order valence-corrected chi connectivity index (χ4v) is 2.86. The lowest BCUT2D eigenvalue weighted by Crippen LogP contribution is -2.51. The highest BCUT2D eigenvalue weighted by molar-refractivity contribution is 6.36. The van der Waals surface area contributed by atoms with E-state index in [2.05, 4.69) is 5.32 Å². The number of amides is 2. The molecule has 0 unspecified atom stereocenters. The number of carboxylic acid groups (broad SMARTS) is 1. The van der Waals surface area contributed by atoms with E-state index < -0.39 is 12.5 Å². The van der Waals surface area contributed by atoms with Gasteiger partial charge in [0.1, 0.15) is 6.54 Å². The second kappa shape index (κ2) is 8.32. The molecule has 1 saturated heterocycles. The predicted octanol–water partition coefficient (Wildman–Crippen LogP) is 0.952. The highest BCUT2D eigenvalue weighted by Gasteiger charge is 2.24. The number of rotatable bonds is 5. The summed E-state index contributed by atoms with van der Waals surface area (Å²) in [6.45, 7) is 1.69. The van der Waals surface area contributed by atoms with Gasteiger partial charge in [-0.15, -0.1) is 0 Å². The van der Waals surface area contributed by atoms with E-state index in [0.717, 1.165) is 0 Å². The number of piperazine rings is 1. The van der Waals surface area contributed by atoms with Crippen molar-refractivity contribution in [2.24, 2.45) is 0 Å². The average molecular weight is 374 g/mol. The van der Waals surface area contributed by atoms with E-state index in [-0.39, 0.29) is 18.4 Å². The molecule has 1 fully saturated rings. The van der Waals surface area contributed by atoms with E-state index in [4.69, 9.17) is 28.3 Å². The topological polar surface area (TPSA) is 89.9 Å². The molecular formula is C15H17Cl2N3O4. The van der Waals surface area contributed by atoms with Gasteiger partial charge in [-0.05, 0) is 18.2 Å². The Morgan fingerprint density at radius 3 is 2.38 bits per heavy atom. The van der Waals surface area contributed by atoms with Crippen molar-refractivity contribution in [3.05, 3.63) is 33.8 Å². The Hall–Kier alpha value is -1.83. The maximum atomic E-state index is 12.5. The molecule has 0 radical (unpaired) electrons. The van der Waals surface area contributed by atoms with Crippen LogP contribution in [0.15, 0.2) is 18.2 Å². The second-order valence-electron chi connectivity index (χ2n) is 5.36. The molecular weight excluding hydrogens is 357 g/mol. The molecule has 1 aromatic carbocycles. The third kappa shape index (κ3) is 5.09. The minimum atomic E-state index is -1.08. The molecule has 0 atom stereocenters. The van der Waals surface area contributed by atoms with E-state index in [0.29, 0.717) is 41.8 Å². The fraction of sp³-hybridized carbons (Fsp3) is 0.400. The van der Waals surface area contributed by atoms with Crippen molar-refractivity contribution < 1.29 is 19.5 Å². The number of hydrogen-bond donors (Lipinski definition) is 2. The first-order chi connectivity index (χ1) is 11.4. The van der Waals surface area contributed by atoms with Crippen LogP contribution in [-0.2, 0) is 9.59 Å². The number of benzene rings is 1. The predicted molar refractivity (Wildman–Crippen MR) is 89.5 cm³/mol. The highest BCUT2D eigenvalue weighted by Crippen LogP contribution is 2.22. The third-order valence-electron chi connectivity index (χ3n) is 3.63. The first-order valence-electron chi connectivity index (χ1n) is 7.32. The van der Waals surface area contributed by atoms with Crippen molar-refractivity contribution in [2.45, 2.75) is 0 Å². The number of carbonyl (C=O) groups is 3. The summed E-state index contributed by atoms with van der Waals surface area (Å²) in [5.41, 5.74) is 0.397. The van der Waals surface area contributed by atoms with Crippen LogP contribution < -0.4 is 5.32 Å². The monoisotopic (exact) mass is 373 g/mol. The maximum absolute atomic E-state index is 12.5. The molecule has 0 aromatic heterocycles. The zero-order valence-corrected chi connectivity index (χ0v) is 14.3. The van der Waals surface area contributed by atoms with Crippen molar-refractivity contribution in [3.63, 3.8) is 0 Å². The van der Waals surface area contributed by atoms with Gasteiger partial charge in [0.15, 0.2) is 0 Å². The van der Waals surface area contributed by atoms with Gasteiger partial charge in [0.05, 0.1) is 17.1 Å². The number of halogens is 2. The number of aliphatic carboxylic acids is 1. The van der Waals surface area contributed by atoms with Gasteiger partial charge in [-0.3, -0.25) is 19.3 Å². The van der Waals surface area contributed by atoms with Crippen LogP contribution in [0, 0.1) is 0 Å². The van der Waals surface area contributed by atoms with Crippen LogP contribution in [0.2, 0.25) is 10.0 Å². The van der Waals surface area contributed by atoms with E-state index in [1.165, 1.54) is 6.07 Å². The minimum absolute atomic E-state index is 0.108. The van der Waals surface area contributed by atoms with Crippen molar-refractivity contribution in [2.75, 3.05) is 39.3 Å². The highest BCUT2D eigenvalue weighted by atomic mass is 35.5. The Kier molecular flexibility index (Phi) is 6.42. The van der Waals surface area contributed by atoms with Crippen LogP contribution in [0.5, 0.6) is 0 Å². The van der Waals surface area contributed by atoms with E-state index in [9.17, 15) is 14.4 Å². The molecule has 7 nitrogen and oxygen atoms in total. The van der Waals surface area contributed by atoms with Gasteiger partial charge in [-0.2, -0.15) is 0 Å². The van der Waals surface area contributed by atoms with Gasteiger partial charge < -0.3 is 15.3 Å². The number of carbonyl (C=O) groups excluding carboxylic acids is 2. The molecule has 2 amide bonds. The number of hydrogen-bond acceptors (Lipinski definition) is 4. The van der Waals surface area contributed by atoms with Crippen molar-refractivity contribution in [1.29, 1.82) is 0 Å². The van der Waals surface area contributed by atoms with Crippen LogP contribution in [0.3, 0.4) is 0 Å². The molecule has 24 heavy (non-hydrogen) atoms.